The highest BCUT2D eigenvalue weighted by Crippen LogP contribution is 2.32. The third-order valence-electron chi connectivity index (χ3n) is 4.12. The third-order valence-corrected chi connectivity index (χ3v) is 4.42. The van der Waals surface area contributed by atoms with Crippen LogP contribution < -0.4 is 10.6 Å². The van der Waals surface area contributed by atoms with Gasteiger partial charge in [-0.25, -0.2) is 13.2 Å². The van der Waals surface area contributed by atoms with Crippen LogP contribution in [0.25, 0.3) is 0 Å². The Balaban J connectivity index is 1.67. The number of benzene rings is 1. The van der Waals surface area contributed by atoms with Crippen LogP contribution in [0.2, 0.25) is 5.02 Å². The lowest BCUT2D eigenvalue weighted by Gasteiger charge is -2.22. The van der Waals surface area contributed by atoms with Crippen molar-refractivity contribution in [3.63, 3.8) is 0 Å². The normalized spacial score (nSPS) is 29.7. The van der Waals surface area contributed by atoms with E-state index in [1.54, 1.807) is 6.07 Å². The van der Waals surface area contributed by atoms with Gasteiger partial charge in [0.1, 0.15) is 11.9 Å². The summed E-state index contributed by atoms with van der Waals surface area (Å²) >= 11 is 5.66. The first-order chi connectivity index (χ1) is 10.9. The minimum Gasteiger partial charge on any atom is -0.371 e. The van der Waals surface area contributed by atoms with Gasteiger partial charge in [-0.1, -0.05) is 17.7 Å². The third kappa shape index (κ3) is 3.62. The number of carbonyl (C=O) groups excluding carboxylic acids is 1. The highest BCUT2D eigenvalue weighted by Gasteiger charge is 2.43. The quantitative estimate of drug-likeness (QED) is 0.882. The second-order valence-electron chi connectivity index (χ2n) is 5.86. The van der Waals surface area contributed by atoms with Crippen LogP contribution in [0.1, 0.15) is 24.5 Å². The molecule has 8 heteroatoms. The molecule has 0 spiro atoms. The van der Waals surface area contributed by atoms with E-state index < -0.39 is 42.8 Å². The number of rotatable bonds is 3. The molecule has 3 rings (SSSR count). The summed E-state index contributed by atoms with van der Waals surface area (Å²) in [4.78, 5) is 12.1. The Hall–Kier alpha value is -1.31. The molecule has 1 aromatic rings. The van der Waals surface area contributed by atoms with Crippen LogP contribution in [0, 0.1) is 5.82 Å². The number of halogens is 4. The summed E-state index contributed by atoms with van der Waals surface area (Å²) in [5.41, 5.74) is 0.555. The highest BCUT2D eigenvalue weighted by molar-refractivity contribution is 6.30. The number of hydrogen-bond acceptors (Lipinski definition) is 3. The molecule has 0 aromatic heterocycles. The van der Waals surface area contributed by atoms with Gasteiger partial charge in [0.25, 0.3) is 5.92 Å². The number of nitrogens with one attached hydrogen (secondary N) is 2. The molecule has 1 aromatic carbocycles. The maximum absolute atomic E-state index is 13.6. The fourth-order valence-corrected chi connectivity index (χ4v) is 3.06. The Morgan fingerprint density at radius 2 is 2.22 bits per heavy atom. The SMILES string of the molecule is O=C(NC1CCOC1c1ccc(Cl)c(F)c1)C1CC(F)(F)CN1. The Morgan fingerprint density at radius 3 is 2.87 bits per heavy atom. The molecule has 2 aliphatic rings. The number of alkyl halides is 2. The van der Waals surface area contributed by atoms with Crippen molar-refractivity contribution in [2.45, 2.75) is 37.0 Å². The first-order valence-electron chi connectivity index (χ1n) is 7.34. The molecule has 3 atom stereocenters. The largest absolute Gasteiger partial charge is 0.371 e. The van der Waals surface area contributed by atoms with Crippen molar-refractivity contribution in [3.8, 4) is 0 Å². The molecule has 4 nitrogen and oxygen atoms in total. The van der Waals surface area contributed by atoms with Crippen LogP contribution >= 0.6 is 11.6 Å². The fraction of sp³-hybridized carbons (Fsp3) is 0.533. The predicted octanol–water partition coefficient (Wildman–Crippen LogP) is 2.42. The Morgan fingerprint density at radius 1 is 1.43 bits per heavy atom. The van der Waals surface area contributed by atoms with Crippen molar-refractivity contribution >= 4 is 17.5 Å². The van der Waals surface area contributed by atoms with Gasteiger partial charge in [-0.15, -0.1) is 0 Å². The molecule has 2 saturated heterocycles. The molecule has 0 bridgehead atoms. The summed E-state index contributed by atoms with van der Waals surface area (Å²) in [5.74, 6) is -3.92. The average molecular weight is 349 g/mol. The van der Waals surface area contributed by atoms with E-state index in [9.17, 15) is 18.0 Å². The minimum atomic E-state index is -2.87. The van der Waals surface area contributed by atoms with Crippen LogP contribution in [-0.4, -0.2) is 37.1 Å². The van der Waals surface area contributed by atoms with Gasteiger partial charge >= 0.3 is 0 Å². The van der Waals surface area contributed by atoms with Crippen molar-refractivity contribution in [1.29, 1.82) is 0 Å². The van der Waals surface area contributed by atoms with E-state index >= 15 is 0 Å². The maximum Gasteiger partial charge on any atom is 0.262 e. The van der Waals surface area contributed by atoms with E-state index in [1.807, 2.05) is 0 Å². The summed E-state index contributed by atoms with van der Waals surface area (Å²) in [6, 6.07) is 3.00. The van der Waals surface area contributed by atoms with E-state index in [0.717, 1.165) is 0 Å². The zero-order chi connectivity index (χ0) is 16.6. The van der Waals surface area contributed by atoms with Gasteiger partial charge in [-0.05, 0) is 24.1 Å². The van der Waals surface area contributed by atoms with Crippen molar-refractivity contribution in [2.24, 2.45) is 0 Å². The van der Waals surface area contributed by atoms with Gasteiger partial charge in [0.2, 0.25) is 5.91 Å². The average Bonchev–Trinajstić information content (AvgIpc) is 3.08. The van der Waals surface area contributed by atoms with Gasteiger partial charge in [0, 0.05) is 13.0 Å². The van der Waals surface area contributed by atoms with E-state index in [0.29, 0.717) is 18.6 Å². The number of amides is 1. The molecule has 2 fully saturated rings. The molecule has 126 valence electrons. The summed E-state index contributed by atoms with van der Waals surface area (Å²) in [5, 5.41) is 5.24. The van der Waals surface area contributed by atoms with Gasteiger partial charge in [-0.2, -0.15) is 0 Å². The summed E-state index contributed by atoms with van der Waals surface area (Å²) < 4.78 is 45.5. The lowest BCUT2D eigenvalue weighted by atomic mass is 10.0. The topological polar surface area (TPSA) is 50.4 Å². The molecular weight excluding hydrogens is 333 g/mol. The lowest BCUT2D eigenvalue weighted by molar-refractivity contribution is -0.124. The van der Waals surface area contributed by atoms with E-state index in [-0.39, 0.29) is 11.1 Å². The van der Waals surface area contributed by atoms with Gasteiger partial charge < -0.3 is 10.1 Å². The molecule has 3 unspecified atom stereocenters. The zero-order valence-electron chi connectivity index (χ0n) is 12.1. The summed E-state index contributed by atoms with van der Waals surface area (Å²) in [6.07, 6.45) is -0.510. The molecule has 23 heavy (non-hydrogen) atoms. The van der Waals surface area contributed by atoms with Crippen molar-refractivity contribution in [3.05, 3.63) is 34.6 Å². The van der Waals surface area contributed by atoms with E-state index in [2.05, 4.69) is 10.6 Å². The molecule has 0 radical (unpaired) electrons. The molecule has 2 heterocycles. The standard InChI is InChI=1S/C15H16ClF3N2O2/c16-9-2-1-8(5-10(9)17)13-11(3-4-23-13)21-14(22)12-6-15(18,19)7-20-12/h1-2,5,11-13,20H,3-4,6-7H2,(H,21,22). The molecular formula is C15H16ClF3N2O2. The van der Waals surface area contributed by atoms with E-state index in [4.69, 9.17) is 16.3 Å². The predicted molar refractivity (Wildman–Crippen MR) is 78.0 cm³/mol. The molecule has 2 aliphatic heterocycles. The number of ether oxygens (including phenoxy) is 1. The Kier molecular flexibility index (Phi) is 4.53. The van der Waals surface area contributed by atoms with Gasteiger partial charge in [0.05, 0.1) is 23.7 Å². The van der Waals surface area contributed by atoms with Crippen LogP contribution in [0.4, 0.5) is 13.2 Å². The van der Waals surface area contributed by atoms with Gasteiger partial charge in [-0.3, -0.25) is 10.1 Å². The van der Waals surface area contributed by atoms with Crippen LogP contribution in [0.3, 0.4) is 0 Å². The summed E-state index contributed by atoms with van der Waals surface area (Å²) in [6.45, 7) is -0.105. The number of hydrogen-bond donors (Lipinski definition) is 2. The first-order valence-corrected chi connectivity index (χ1v) is 7.72. The van der Waals surface area contributed by atoms with Crippen molar-refractivity contribution in [1.82, 2.24) is 10.6 Å². The van der Waals surface area contributed by atoms with Crippen LogP contribution in [0.5, 0.6) is 0 Å². The Bertz CT molecular complexity index is 614. The minimum absolute atomic E-state index is 0.00437. The monoisotopic (exact) mass is 348 g/mol. The zero-order valence-corrected chi connectivity index (χ0v) is 12.9. The van der Waals surface area contributed by atoms with Gasteiger partial charge in [0.15, 0.2) is 0 Å². The first kappa shape index (κ1) is 16.5. The second kappa shape index (κ2) is 6.30. The number of carbonyl (C=O) groups is 1. The molecule has 2 N–H and O–H groups in total. The fourth-order valence-electron chi connectivity index (χ4n) is 2.94. The van der Waals surface area contributed by atoms with Crippen molar-refractivity contribution in [2.75, 3.05) is 13.2 Å². The molecule has 0 saturated carbocycles. The molecule has 0 aliphatic carbocycles. The van der Waals surface area contributed by atoms with Crippen LogP contribution in [-0.2, 0) is 9.53 Å². The summed E-state index contributed by atoms with van der Waals surface area (Å²) in [7, 11) is 0. The van der Waals surface area contributed by atoms with E-state index in [1.165, 1.54) is 12.1 Å². The lowest BCUT2D eigenvalue weighted by Crippen LogP contribution is -2.46. The maximum atomic E-state index is 13.6. The smallest absolute Gasteiger partial charge is 0.262 e. The van der Waals surface area contributed by atoms with Crippen LogP contribution in [0.15, 0.2) is 18.2 Å². The second-order valence-corrected chi connectivity index (χ2v) is 6.27. The molecule has 1 amide bonds. The highest BCUT2D eigenvalue weighted by atomic mass is 35.5. The Labute approximate surface area is 136 Å². The van der Waals surface area contributed by atoms with Crippen molar-refractivity contribution < 1.29 is 22.7 Å².